The lowest BCUT2D eigenvalue weighted by Gasteiger charge is -2.32. The average molecular weight is 685 g/mol. The maximum Gasteiger partial charge on any atom is 0.319 e. The zero-order valence-corrected chi connectivity index (χ0v) is 31.0. The van der Waals surface area contributed by atoms with Crippen LogP contribution in [-0.2, 0) is 15.6 Å². The first-order chi connectivity index (χ1) is 23.5. The molecule has 0 saturated heterocycles. The van der Waals surface area contributed by atoms with Crippen LogP contribution in [0.5, 0.6) is 5.75 Å². The molecule has 0 aliphatic heterocycles. The van der Waals surface area contributed by atoms with E-state index in [1.807, 2.05) is 81.9 Å². The minimum Gasteiger partial charge on any atom is -0.484 e. The Bertz CT molecular complexity index is 1840. The molecule has 12 nitrogen and oxygen atoms in total. The molecule has 1 aliphatic carbocycles. The van der Waals surface area contributed by atoms with Crippen molar-refractivity contribution in [3.05, 3.63) is 83.1 Å². The fourth-order valence-corrected chi connectivity index (χ4v) is 5.99. The lowest BCUT2D eigenvalue weighted by atomic mass is 9.85. The Kier molecular flexibility index (Phi) is 10.5. The summed E-state index contributed by atoms with van der Waals surface area (Å²) in [6, 6.07) is 14.7. The molecule has 1 aromatic carbocycles. The average Bonchev–Trinajstić information content (AvgIpc) is 3.48. The van der Waals surface area contributed by atoms with Crippen LogP contribution >= 0.6 is 0 Å². The highest BCUT2D eigenvalue weighted by Gasteiger charge is 2.31. The molecule has 50 heavy (non-hydrogen) atoms. The van der Waals surface area contributed by atoms with Crippen molar-refractivity contribution in [2.24, 2.45) is 0 Å². The molecule has 5 rings (SSSR count). The van der Waals surface area contributed by atoms with Gasteiger partial charge in [-0.15, -0.1) is 10.2 Å². The molecule has 2 atom stereocenters. The van der Waals surface area contributed by atoms with Gasteiger partial charge in [0.05, 0.1) is 18.8 Å². The van der Waals surface area contributed by atoms with Crippen LogP contribution < -0.4 is 20.7 Å². The number of likely N-dealkylation sites (N-methyl/N-ethyl adjacent to an activating group) is 1. The van der Waals surface area contributed by atoms with Crippen LogP contribution in [0.1, 0.15) is 107 Å². The highest BCUT2D eigenvalue weighted by atomic mass is 16.5. The van der Waals surface area contributed by atoms with E-state index in [4.69, 9.17) is 9.47 Å². The molecule has 268 valence electrons. The summed E-state index contributed by atoms with van der Waals surface area (Å²) in [5.41, 5.74) is 3.29. The normalized spacial score (nSPS) is 16.6. The maximum absolute atomic E-state index is 13.5. The molecule has 3 heterocycles. The third-order valence-electron chi connectivity index (χ3n) is 9.48. The minimum atomic E-state index is -0.361. The number of urea groups is 1. The number of nitrogens with zero attached hydrogens (tertiary/aromatic N) is 5. The van der Waals surface area contributed by atoms with Crippen LogP contribution in [0.15, 0.2) is 54.7 Å². The van der Waals surface area contributed by atoms with Gasteiger partial charge in [-0.3, -0.25) is 9.20 Å². The summed E-state index contributed by atoms with van der Waals surface area (Å²) >= 11 is 0. The van der Waals surface area contributed by atoms with Crippen molar-refractivity contribution in [2.75, 3.05) is 39.7 Å². The lowest BCUT2D eigenvalue weighted by molar-refractivity contribution is 0.0914. The quantitative estimate of drug-likeness (QED) is 0.170. The van der Waals surface area contributed by atoms with E-state index in [2.05, 4.69) is 69.8 Å². The monoisotopic (exact) mass is 684 g/mol. The van der Waals surface area contributed by atoms with Crippen LogP contribution in [0, 0.1) is 0 Å². The number of fused-ring (bicyclic) bond motifs is 2. The summed E-state index contributed by atoms with van der Waals surface area (Å²) in [4.78, 5) is 33.4. The molecule has 1 aliphatic rings. The largest absolute Gasteiger partial charge is 0.484 e. The van der Waals surface area contributed by atoms with Gasteiger partial charge in [-0.1, -0.05) is 58.9 Å². The molecule has 0 bridgehead atoms. The second-order valence-corrected chi connectivity index (χ2v) is 15.7. The Labute approximate surface area is 295 Å². The van der Waals surface area contributed by atoms with E-state index in [0.717, 1.165) is 22.6 Å². The van der Waals surface area contributed by atoms with Gasteiger partial charge in [-0.05, 0) is 76.2 Å². The maximum atomic E-state index is 13.5. The first kappa shape index (κ1) is 36.7. The van der Waals surface area contributed by atoms with E-state index >= 15 is 0 Å². The van der Waals surface area contributed by atoms with E-state index in [0.29, 0.717) is 43.1 Å². The number of nitrogens with one attached hydrogen (secondary N) is 3. The number of ether oxygens (including phenoxy) is 2. The van der Waals surface area contributed by atoms with Crippen molar-refractivity contribution in [1.29, 1.82) is 0 Å². The number of rotatable bonds is 11. The molecular weight excluding hydrogens is 632 g/mol. The van der Waals surface area contributed by atoms with Crippen LogP contribution in [0.25, 0.3) is 5.65 Å². The molecule has 3 amide bonds. The molecule has 0 unspecified atom stereocenters. The Morgan fingerprint density at radius 1 is 0.960 bits per heavy atom. The van der Waals surface area contributed by atoms with Crippen molar-refractivity contribution in [3.63, 3.8) is 0 Å². The van der Waals surface area contributed by atoms with Crippen molar-refractivity contribution < 1.29 is 19.1 Å². The lowest BCUT2D eigenvalue weighted by Crippen LogP contribution is -2.48. The molecule has 0 spiro atoms. The topological polar surface area (TPSA) is 135 Å². The highest BCUT2D eigenvalue weighted by Crippen LogP contribution is 2.39. The van der Waals surface area contributed by atoms with E-state index < -0.39 is 0 Å². The summed E-state index contributed by atoms with van der Waals surface area (Å²) in [6.45, 7) is 15.3. The van der Waals surface area contributed by atoms with E-state index in [1.165, 1.54) is 0 Å². The second-order valence-electron chi connectivity index (χ2n) is 15.7. The van der Waals surface area contributed by atoms with E-state index in [1.54, 1.807) is 13.2 Å². The Morgan fingerprint density at radius 2 is 1.68 bits per heavy atom. The summed E-state index contributed by atoms with van der Waals surface area (Å²) in [6.07, 6.45) is 3.10. The van der Waals surface area contributed by atoms with Gasteiger partial charge in [0, 0.05) is 41.4 Å². The first-order valence-corrected chi connectivity index (χ1v) is 17.1. The van der Waals surface area contributed by atoms with Crippen LogP contribution in [-0.4, -0.2) is 76.3 Å². The zero-order valence-electron chi connectivity index (χ0n) is 31.0. The van der Waals surface area contributed by atoms with Gasteiger partial charge < -0.3 is 30.3 Å². The van der Waals surface area contributed by atoms with E-state index in [9.17, 15) is 9.59 Å². The third kappa shape index (κ3) is 8.24. The minimum absolute atomic E-state index is 0.204. The van der Waals surface area contributed by atoms with Gasteiger partial charge in [0.15, 0.2) is 5.65 Å². The predicted octanol–water partition coefficient (Wildman–Crippen LogP) is 6.19. The zero-order chi connectivity index (χ0) is 36.4. The second kappa shape index (κ2) is 14.4. The van der Waals surface area contributed by atoms with Crippen LogP contribution in [0.3, 0.4) is 0 Å². The number of hydrogen-bond donors (Lipinski definition) is 3. The number of carbonyl (C=O) groups is 2. The van der Waals surface area contributed by atoms with Crippen LogP contribution in [0.2, 0.25) is 0 Å². The van der Waals surface area contributed by atoms with Crippen LogP contribution in [0.4, 0.5) is 10.5 Å². The molecule has 0 saturated carbocycles. The number of methoxy groups -OCH3 is 1. The van der Waals surface area contributed by atoms with Crippen molar-refractivity contribution >= 4 is 23.3 Å². The number of benzene rings is 1. The molecular formula is C38H52N8O4. The van der Waals surface area contributed by atoms with Gasteiger partial charge in [-0.2, -0.15) is 0 Å². The summed E-state index contributed by atoms with van der Waals surface area (Å²) in [7, 11) is 5.63. The standard InChI is InChI=1S/C38H52N8O4/c1-36(2,3)31-20-24(19-29(41-31)33(47)39-22-38(6,7)45(8)9)40-35(48)42-28-16-17-30(27-14-12-11-13-26(27)28)50-25-15-18-32-43-44-34(46(32)21-25)37(4,5)23-49-10/h11-15,18-21,28,30H,16-17,22-23H2,1-10H3,(H,39,47)(H2,40,41,42,48)/t28-,30+/m0/s1. The molecule has 3 N–H and O–H groups in total. The number of carbonyl (C=O) groups excluding carboxylic acids is 2. The Hall–Kier alpha value is -4.55. The van der Waals surface area contributed by atoms with Crippen molar-refractivity contribution in [2.45, 2.75) is 89.8 Å². The smallest absolute Gasteiger partial charge is 0.319 e. The first-order valence-electron chi connectivity index (χ1n) is 17.1. The van der Waals surface area contributed by atoms with Gasteiger partial charge in [0.1, 0.15) is 23.4 Å². The van der Waals surface area contributed by atoms with Crippen molar-refractivity contribution in [3.8, 4) is 5.75 Å². The van der Waals surface area contributed by atoms with Gasteiger partial charge in [-0.25, -0.2) is 9.78 Å². The molecule has 3 aromatic heterocycles. The molecule has 0 fully saturated rings. The fraction of sp³-hybridized carbons (Fsp3) is 0.500. The number of aromatic nitrogens is 4. The number of pyridine rings is 2. The molecule has 4 aromatic rings. The number of anilines is 1. The summed E-state index contributed by atoms with van der Waals surface area (Å²) in [5, 5.41) is 17.9. The van der Waals surface area contributed by atoms with Gasteiger partial charge >= 0.3 is 6.03 Å². The highest BCUT2D eigenvalue weighted by molar-refractivity contribution is 5.95. The number of amides is 3. The third-order valence-corrected chi connectivity index (χ3v) is 9.48. The summed E-state index contributed by atoms with van der Waals surface area (Å²) < 4.78 is 14.0. The summed E-state index contributed by atoms with van der Waals surface area (Å²) in [5.74, 6) is 1.21. The number of hydrogen-bond acceptors (Lipinski definition) is 8. The van der Waals surface area contributed by atoms with Gasteiger partial charge in [0.2, 0.25) is 0 Å². The Balaban J connectivity index is 1.31. The molecule has 0 radical (unpaired) electrons. The SMILES string of the molecule is COCC(C)(C)c1nnc2ccc(O[C@@H]3CC[C@H](NC(=O)Nc4cc(C(=O)NCC(C)(C)N(C)C)nc(C(C)(C)C)c4)c4ccccc43)cn12. The van der Waals surface area contributed by atoms with E-state index in [-0.39, 0.29) is 46.1 Å². The fourth-order valence-electron chi connectivity index (χ4n) is 5.99. The predicted molar refractivity (Wildman–Crippen MR) is 195 cm³/mol. The molecule has 12 heteroatoms. The van der Waals surface area contributed by atoms with Gasteiger partial charge in [0.25, 0.3) is 5.91 Å². The van der Waals surface area contributed by atoms with Crippen molar-refractivity contribution in [1.82, 2.24) is 35.1 Å². The Morgan fingerprint density at radius 3 is 2.36 bits per heavy atom.